The van der Waals surface area contributed by atoms with Gasteiger partial charge in [-0.1, -0.05) is 39.0 Å². The highest BCUT2D eigenvalue weighted by Crippen LogP contribution is 2.11. The molecule has 24 heavy (non-hydrogen) atoms. The number of halogens is 1. The number of rotatable bonds is 8. The van der Waals surface area contributed by atoms with Crippen molar-refractivity contribution in [2.45, 2.75) is 39.3 Å². The molecule has 1 aromatic rings. The number of hydrogen-bond acceptors (Lipinski definition) is 4. The van der Waals surface area contributed by atoms with E-state index in [4.69, 9.17) is 4.74 Å². The van der Waals surface area contributed by atoms with Crippen molar-refractivity contribution >= 4 is 23.5 Å². The molecule has 0 aliphatic heterocycles. The third kappa shape index (κ3) is 5.98. The van der Waals surface area contributed by atoms with Gasteiger partial charge in [0.25, 0.3) is 5.91 Å². The number of anilines is 1. The van der Waals surface area contributed by atoms with Gasteiger partial charge in [0.05, 0.1) is 6.04 Å². The number of nitrogens with one attached hydrogen (secondary N) is 2. The van der Waals surface area contributed by atoms with E-state index in [0.29, 0.717) is 5.69 Å². The number of ketones is 1. The first-order valence-electron chi connectivity index (χ1n) is 7.80. The molecular weight excluding hydrogens is 315 g/mol. The van der Waals surface area contributed by atoms with Crippen LogP contribution in [0.25, 0.3) is 0 Å². The molecule has 0 aromatic heterocycles. The molecule has 0 saturated carbocycles. The van der Waals surface area contributed by atoms with Gasteiger partial charge in [-0.25, -0.2) is 9.18 Å². The molecule has 0 fully saturated rings. The second kappa shape index (κ2) is 9.64. The molecule has 2 unspecified atom stereocenters. The van der Waals surface area contributed by atoms with E-state index in [1.54, 1.807) is 51.1 Å². The highest BCUT2D eigenvalue weighted by molar-refractivity contribution is 5.93. The second-order valence-electron chi connectivity index (χ2n) is 5.63. The Balaban J connectivity index is 2.70. The number of para-hydroxylation sites is 1. The van der Waals surface area contributed by atoms with E-state index in [9.17, 15) is 18.8 Å². The van der Waals surface area contributed by atoms with E-state index >= 15 is 0 Å². The van der Waals surface area contributed by atoms with Crippen molar-refractivity contribution < 1.29 is 23.5 Å². The minimum Gasteiger partial charge on any atom is -0.436 e. The van der Waals surface area contributed by atoms with E-state index in [1.807, 2.05) is 0 Å². The lowest BCUT2D eigenvalue weighted by Crippen LogP contribution is -2.48. The fraction of sp³-hybridized carbons (Fsp3) is 0.471. The Labute approximate surface area is 140 Å². The predicted octanol–water partition coefficient (Wildman–Crippen LogP) is 2.69. The van der Waals surface area contributed by atoms with Crippen molar-refractivity contribution in [2.75, 3.05) is 12.0 Å². The summed E-state index contributed by atoms with van der Waals surface area (Å²) >= 11 is 0. The quantitative estimate of drug-likeness (QED) is 0.763. The molecule has 0 heterocycles. The smallest absolute Gasteiger partial charge is 0.412 e. The summed E-state index contributed by atoms with van der Waals surface area (Å²) in [7, 11) is 0. The van der Waals surface area contributed by atoms with Crippen LogP contribution in [0.4, 0.5) is 14.9 Å². The summed E-state index contributed by atoms with van der Waals surface area (Å²) in [4.78, 5) is 35.6. The van der Waals surface area contributed by atoms with Gasteiger partial charge in [-0.2, -0.15) is 0 Å². The van der Waals surface area contributed by atoms with Gasteiger partial charge < -0.3 is 10.1 Å². The Morgan fingerprint density at radius 1 is 1.17 bits per heavy atom. The van der Waals surface area contributed by atoms with Gasteiger partial charge in [0.2, 0.25) is 0 Å². The molecule has 132 valence electrons. The molecular formula is C17H23FN2O4. The summed E-state index contributed by atoms with van der Waals surface area (Å²) in [6.45, 7) is 3.92. The molecule has 0 saturated heterocycles. The average Bonchev–Trinajstić information content (AvgIpc) is 2.57. The first-order chi connectivity index (χ1) is 11.4. The Bertz CT molecular complexity index is 563. The maximum Gasteiger partial charge on any atom is 0.412 e. The van der Waals surface area contributed by atoms with Gasteiger partial charge in [-0.05, 0) is 24.5 Å². The Morgan fingerprint density at radius 3 is 2.29 bits per heavy atom. The summed E-state index contributed by atoms with van der Waals surface area (Å²) in [6.07, 6.45) is -1.61. The van der Waals surface area contributed by atoms with Crippen LogP contribution in [0.2, 0.25) is 0 Å². The molecule has 1 aromatic carbocycles. The standard InChI is InChI=1S/C17H23FN2O4/c1-4-13(14(21)10-18)20-16(22)15(11(2)3)24-17(23)19-12-8-6-5-7-9-12/h5-9,11,13,15H,4,10H2,1-3H3,(H,19,23)(H,20,22). The Kier molecular flexibility index (Phi) is 7.88. The molecule has 0 aliphatic carbocycles. The summed E-state index contributed by atoms with van der Waals surface area (Å²) in [5.41, 5.74) is 0.532. The lowest BCUT2D eigenvalue weighted by atomic mass is 10.0. The fourth-order valence-electron chi connectivity index (χ4n) is 2.03. The van der Waals surface area contributed by atoms with Crippen LogP contribution in [-0.4, -0.2) is 36.6 Å². The third-order valence-corrected chi connectivity index (χ3v) is 3.36. The number of carbonyl (C=O) groups is 3. The van der Waals surface area contributed by atoms with Crippen LogP contribution in [0.15, 0.2) is 30.3 Å². The molecule has 2 N–H and O–H groups in total. The van der Waals surface area contributed by atoms with Crippen LogP contribution < -0.4 is 10.6 Å². The van der Waals surface area contributed by atoms with Crippen LogP contribution in [0.3, 0.4) is 0 Å². The number of alkyl halides is 1. The largest absolute Gasteiger partial charge is 0.436 e. The zero-order valence-corrected chi connectivity index (χ0v) is 14.0. The first-order valence-corrected chi connectivity index (χ1v) is 7.80. The summed E-state index contributed by atoms with van der Waals surface area (Å²) in [5, 5.41) is 4.95. The molecule has 6 nitrogen and oxygen atoms in total. The number of amides is 2. The van der Waals surface area contributed by atoms with Crippen molar-refractivity contribution in [3.8, 4) is 0 Å². The fourth-order valence-corrected chi connectivity index (χ4v) is 2.03. The Morgan fingerprint density at radius 2 is 1.79 bits per heavy atom. The van der Waals surface area contributed by atoms with Crippen molar-refractivity contribution in [1.82, 2.24) is 5.32 Å². The summed E-state index contributed by atoms with van der Waals surface area (Å²) < 4.78 is 17.7. The topological polar surface area (TPSA) is 84.5 Å². The van der Waals surface area contributed by atoms with Crippen LogP contribution in [-0.2, 0) is 14.3 Å². The van der Waals surface area contributed by atoms with Crippen molar-refractivity contribution in [2.24, 2.45) is 5.92 Å². The molecule has 2 amide bonds. The van der Waals surface area contributed by atoms with Crippen molar-refractivity contribution in [3.05, 3.63) is 30.3 Å². The third-order valence-electron chi connectivity index (χ3n) is 3.36. The molecule has 7 heteroatoms. The number of Topliss-reactive ketones (excluding diaryl/α,β-unsaturated/α-hetero) is 1. The maximum atomic E-state index is 12.5. The van der Waals surface area contributed by atoms with Gasteiger partial charge in [-0.3, -0.25) is 14.9 Å². The first kappa shape index (κ1) is 19.6. The molecule has 1 rings (SSSR count). The van der Waals surface area contributed by atoms with Crippen LogP contribution >= 0.6 is 0 Å². The summed E-state index contributed by atoms with van der Waals surface area (Å²) in [6, 6.07) is 7.72. The van der Waals surface area contributed by atoms with Crippen LogP contribution in [0.1, 0.15) is 27.2 Å². The normalized spacial score (nSPS) is 13.0. The number of hydrogen-bond donors (Lipinski definition) is 2. The average molecular weight is 338 g/mol. The maximum absolute atomic E-state index is 12.5. The van der Waals surface area contributed by atoms with Crippen LogP contribution in [0, 0.1) is 5.92 Å². The lowest BCUT2D eigenvalue weighted by Gasteiger charge is -2.23. The predicted molar refractivity (Wildman–Crippen MR) is 88.4 cm³/mol. The zero-order valence-electron chi connectivity index (χ0n) is 14.0. The van der Waals surface area contributed by atoms with E-state index in [1.165, 1.54) is 0 Å². The zero-order chi connectivity index (χ0) is 18.1. The minimum atomic E-state index is -1.15. The molecule has 0 spiro atoms. The molecule has 0 aliphatic rings. The number of benzene rings is 1. The van der Waals surface area contributed by atoms with E-state index in [-0.39, 0.29) is 12.3 Å². The molecule has 0 bridgehead atoms. The van der Waals surface area contributed by atoms with Gasteiger partial charge in [0.1, 0.15) is 6.67 Å². The molecule has 0 radical (unpaired) electrons. The minimum absolute atomic E-state index is 0.259. The van der Waals surface area contributed by atoms with E-state index < -0.39 is 36.6 Å². The SMILES string of the molecule is CCC(NC(=O)C(OC(=O)Nc1ccccc1)C(C)C)C(=O)CF. The van der Waals surface area contributed by atoms with Gasteiger partial charge in [0, 0.05) is 5.69 Å². The summed E-state index contributed by atoms with van der Waals surface area (Å²) in [5.74, 6) is -1.64. The lowest BCUT2D eigenvalue weighted by molar-refractivity contribution is -0.135. The second-order valence-corrected chi connectivity index (χ2v) is 5.63. The molecule has 2 atom stereocenters. The van der Waals surface area contributed by atoms with Crippen molar-refractivity contribution in [1.29, 1.82) is 0 Å². The Hall–Kier alpha value is -2.44. The van der Waals surface area contributed by atoms with Gasteiger partial charge in [0.15, 0.2) is 11.9 Å². The van der Waals surface area contributed by atoms with E-state index in [0.717, 1.165) is 0 Å². The number of ether oxygens (including phenoxy) is 1. The van der Waals surface area contributed by atoms with E-state index in [2.05, 4.69) is 10.6 Å². The monoisotopic (exact) mass is 338 g/mol. The number of carbonyl (C=O) groups excluding carboxylic acids is 3. The van der Waals surface area contributed by atoms with Crippen LogP contribution in [0.5, 0.6) is 0 Å². The highest BCUT2D eigenvalue weighted by atomic mass is 19.1. The van der Waals surface area contributed by atoms with Crippen molar-refractivity contribution in [3.63, 3.8) is 0 Å². The highest BCUT2D eigenvalue weighted by Gasteiger charge is 2.29. The van der Waals surface area contributed by atoms with Gasteiger partial charge in [-0.15, -0.1) is 0 Å². The van der Waals surface area contributed by atoms with Gasteiger partial charge >= 0.3 is 6.09 Å².